The SMILES string of the molecule is N#CC1(C(=O)Nc2c(Cl)cc(Cl)cc2Cl)CCCC1. The van der Waals surface area contributed by atoms with Crippen LogP contribution < -0.4 is 5.32 Å². The molecule has 0 atom stereocenters. The molecule has 19 heavy (non-hydrogen) atoms. The Bertz CT molecular complexity index is 536. The minimum Gasteiger partial charge on any atom is -0.322 e. The molecule has 100 valence electrons. The van der Waals surface area contributed by atoms with Crippen molar-refractivity contribution >= 4 is 46.4 Å². The van der Waals surface area contributed by atoms with Gasteiger partial charge in [-0.2, -0.15) is 5.26 Å². The summed E-state index contributed by atoms with van der Waals surface area (Å²) in [5.74, 6) is -0.348. The van der Waals surface area contributed by atoms with Crippen molar-refractivity contribution in [3.8, 4) is 6.07 Å². The summed E-state index contributed by atoms with van der Waals surface area (Å²) in [4.78, 5) is 12.3. The zero-order valence-electron chi connectivity index (χ0n) is 9.97. The minimum absolute atomic E-state index is 0.261. The molecule has 1 aliphatic rings. The van der Waals surface area contributed by atoms with Gasteiger partial charge in [-0.15, -0.1) is 0 Å². The first-order chi connectivity index (χ1) is 8.98. The molecule has 1 aliphatic carbocycles. The number of hydrogen-bond donors (Lipinski definition) is 1. The predicted octanol–water partition coefficient (Wildman–Crippen LogP) is 4.67. The molecule has 0 unspecified atom stereocenters. The van der Waals surface area contributed by atoms with Crippen LogP contribution in [0.4, 0.5) is 5.69 Å². The van der Waals surface area contributed by atoms with Crippen molar-refractivity contribution in [3.05, 3.63) is 27.2 Å². The third-order valence-corrected chi connectivity index (χ3v) is 4.17. The first kappa shape index (κ1) is 14.5. The predicted molar refractivity (Wildman–Crippen MR) is 76.6 cm³/mol. The van der Waals surface area contributed by atoms with Crippen molar-refractivity contribution in [1.29, 1.82) is 5.26 Å². The Morgan fingerprint density at radius 3 is 2.21 bits per heavy atom. The molecule has 1 amide bonds. The highest BCUT2D eigenvalue weighted by Crippen LogP contribution is 2.40. The van der Waals surface area contributed by atoms with E-state index in [4.69, 9.17) is 34.8 Å². The molecular weight excluding hydrogens is 307 g/mol. The second kappa shape index (κ2) is 5.58. The van der Waals surface area contributed by atoms with E-state index in [1.807, 2.05) is 0 Å². The molecule has 0 bridgehead atoms. The molecular formula is C13H11Cl3N2O. The van der Waals surface area contributed by atoms with Crippen LogP contribution in [0.1, 0.15) is 25.7 Å². The zero-order valence-corrected chi connectivity index (χ0v) is 12.2. The van der Waals surface area contributed by atoms with Gasteiger partial charge in [-0.05, 0) is 25.0 Å². The molecule has 6 heteroatoms. The first-order valence-electron chi connectivity index (χ1n) is 5.86. The van der Waals surface area contributed by atoms with Crippen LogP contribution in [0, 0.1) is 16.7 Å². The number of nitrogens with one attached hydrogen (secondary N) is 1. The lowest BCUT2D eigenvalue weighted by Crippen LogP contribution is -2.32. The molecule has 0 aliphatic heterocycles. The maximum atomic E-state index is 12.3. The summed E-state index contributed by atoms with van der Waals surface area (Å²) in [6.07, 6.45) is 2.89. The Balaban J connectivity index is 2.27. The number of nitriles is 1. The van der Waals surface area contributed by atoms with Gasteiger partial charge in [-0.3, -0.25) is 4.79 Å². The normalized spacial score (nSPS) is 16.9. The molecule has 0 spiro atoms. The van der Waals surface area contributed by atoms with Gasteiger partial charge in [0.15, 0.2) is 0 Å². The average Bonchev–Trinajstić information content (AvgIpc) is 2.83. The molecule has 1 fully saturated rings. The van der Waals surface area contributed by atoms with Crippen molar-refractivity contribution in [2.24, 2.45) is 5.41 Å². The van der Waals surface area contributed by atoms with Gasteiger partial charge in [0.05, 0.1) is 21.8 Å². The number of amides is 1. The number of nitrogens with zero attached hydrogens (tertiary/aromatic N) is 1. The maximum Gasteiger partial charge on any atom is 0.244 e. The molecule has 2 rings (SSSR count). The fourth-order valence-electron chi connectivity index (χ4n) is 2.26. The van der Waals surface area contributed by atoms with Crippen molar-refractivity contribution in [1.82, 2.24) is 0 Å². The topological polar surface area (TPSA) is 52.9 Å². The number of halogens is 3. The number of hydrogen-bond acceptors (Lipinski definition) is 2. The highest BCUT2D eigenvalue weighted by Gasteiger charge is 2.41. The summed E-state index contributed by atoms with van der Waals surface area (Å²) in [5.41, 5.74) is -0.661. The molecule has 0 saturated heterocycles. The van der Waals surface area contributed by atoms with E-state index in [9.17, 15) is 10.1 Å². The number of carbonyl (C=O) groups is 1. The van der Waals surface area contributed by atoms with Gasteiger partial charge in [0.25, 0.3) is 0 Å². The van der Waals surface area contributed by atoms with Crippen LogP contribution in [-0.2, 0) is 4.79 Å². The lowest BCUT2D eigenvalue weighted by atomic mass is 9.87. The summed E-state index contributed by atoms with van der Waals surface area (Å²) < 4.78 is 0. The van der Waals surface area contributed by atoms with Gasteiger partial charge in [-0.1, -0.05) is 47.6 Å². The van der Waals surface area contributed by atoms with Crippen molar-refractivity contribution in [3.63, 3.8) is 0 Å². The summed E-state index contributed by atoms with van der Waals surface area (Å²) in [5, 5.41) is 12.8. The Hall–Kier alpha value is -0.950. The van der Waals surface area contributed by atoms with Crippen LogP contribution in [0.15, 0.2) is 12.1 Å². The number of carbonyl (C=O) groups excluding carboxylic acids is 1. The van der Waals surface area contributed by atoms with E-state index in [0.717, 1.165) is 12.8 Å². The quantitative estimate of drug-likeness (QED) is 0.861. The number of rotatable bonds is 2. The lowest BCUT2D eigenvalue weighted by Gasteiger charge is -2.20. The Kier molecular flexibility index (Phi) is 4.25. The largest absolute Gasteiger partial charge is 0.322 e. The summed E-state index contributed by atoms with van der Waals surface area (Å²) in [6, 6.07) is 5.12. The van der Waals surface area contributed by atoms with E-state index in [-0.39, 0.29) is 16.0 Å². The fraction of sp³-hybridized carbons (Fsp3) is 0.385. The minimum atomic E-state index is -0.966. The van der Waals surface area contributed by atoms with Crippen molar-refractivity contribution in [2.75, 3.05) is 5.32 Å². The van der Waals surface area contributed by atoms with E-state index in [2.05, 4.69) is 11.4 Å². The summed E-state index contributed by atoms with van der Waals surface area (Å²) in [6.45, 7) is 0. The summed E-state index contributed by atoms with van der Waals surface area (Å²) in [7, 11) is 0. The van der Waals surface area contributed by atoms with Gasteiger partial charge in [0, 0.05) is 5.02 Å². The van der Waals surface area contributed by atoms with Gasteiger partial charge in [0.2, 0.25) is 5.91 Å². The zero-order chi connectivity index (χ0) is 14.0. The van der Waals surface area contributed by atoms with Crippen LogP contribution in [-0.4, -0.2) is 5.91 Å². The van der Waals surface area contributed by atoms with Crippen LogP contribution in [0.25, 0.3) is 0 Å². The second-order valence-electron chi connectivity index (χ2n) is 4.60. The molecule has 1 aromatic carbocycles. The third-order valence-electron chi connectivity index (χ3n) is 3.35. The van der Waals surface area contributed by atoms with Gasteiger partial charge in [-0.25, -0.2) is 0 Å². The highest BCUT2D eigenvalue weighted by atomic mass is 35.5. The van der Waals surface area contributed by atoms with E-state index in [1.165, 1.54) is 12.1 Å². The van der Waals surface area contributed by atoms with Crippen LogP contribution in [0.2, 0.25) is 15.1 Å². The third kappa shape index (κ3) is 2.81. The van der Waals surface area contributed by atoms with E-state index < -0.39 is 5.41 Å². The monoisotopic (exact) mass is 316 g/mol. The van der Waals surface area contributed by atoms with Crippen LogP contribution in [0.3, 0.4) is 0 Å². The highest BCUT2D eigenvalue weighted by molar-refractivity contribution is 6.42. The average molecular weight is 318 g/mol. The van der Waals surface area contributed by atoms with Crippen LogP contribution in [0.5, 0.6) is 0 Å². The van der Waals surface area contributed by atoms with E-state index >= 15 is 0 Å². The summed E-state index contributed by atoms with van der Waals surface area (Å²) >= 11 is 17.8. The molecule has 1 aromatic rings. The van der Waals surface area contributed by atoms with Gasteiger partial charge in [0.1, 0.15) is 5.41 Å². The number of anilines is 1. The van der Waals surface area contributed by atoms with Crippen LogP contribution >= 0.6 is 34.8 Å². The molecule has 1 saturated carbocycles. The van der Waals surface area contributed by atoms with Gasteiger partial charge >= 0.3 is 0 Å². The maximum absolute atomic E-state index is 12.3. The number of benzene rings is 1. The standard InChI is InChI=1S/C13H11Cl3N2O/c14-8-5-9(15)11(10(16)6-8)18-12(19)13(7-17)3-1-2-4-13/h5-6H,1-4H2,(H,18,19). The lowest BCUT2D eigenvalue weighted by molar-refractivity contribution is -0.122. The Morgan fingerprint density at radius 2 is 1.74 bits per heavy atom. The molecule has 1 N–H and O–H groups in total. The van der Waals surface area contributed by atoms with Crippen molar-refractivity contribution < 1.29 is 4.79 Å². The van der Waals surface area contributed by atoms with E-state index in [0.29, 0.717) is 23.6 Å². The fourth-order valence-corrected chi connectivity index (χ4v) is 3.17. The molecule has 0 heterocycles. The smallest absolute Gasteiger partial charge is 0.244 e. The molecule has 0 aromatic heterocycles. The van der Waals surface area contributed by atoms with Gasteiger partial charge < -0.3 is 5.32 Å². The second-order valence-corrected chi connectivity index (χ2v) is 5.85. The van der Waals surface area contributed by atoms with Crippen molar-refractivity contribution in [2.45, 2.75) is 25.7 Å². The van der Waals surface area contributed by atoms with E-state index in [1.54, 1.807) is 0 Å². The Labute approximate surface area is 126 Å². The molecule has 0 radical (unpaired) electrons. The molecule has 3 nitrogen and oxygen atoms in total. The Morgan fingerprint density at radius 1 is 1.21 bits per heavy atom. The first-order valence-corrected chi connectivity index (χ1v) is 6.99.